The summed E-state index contributed by atoms with van der Waals surface area (Å²) in [5, 5.41) is 9.64. The van der Waals surface area contributed by atoms with Crippen LogP contribution >= 0.6 is 0 Å². The largest absolute Gasteiger partial charge is 0.489 e. The first kappa shape index (κ1) is 34.9. The minimum Gasteiger partial charge on any atom is -0.489 e. The molecule has 0 aliphatic heterocycles. The lowest BCUT2D eigenvalue weighted by Crippen LogP contribution is -2.55. The Labute approximate surface area is 292 Å². The van der Waals surface area contributed by atoms with E-state index in [0.29, 0.717) is 19.4 Å². The van der Waals surface area contributed by atoms with Gasteiger partial charge in [0.1, 0.15) is 12.4 Å². The summed E-state index contributed by atoms with van der Waals surface area (Å²) in [4.78, 5) is 42.7. The molecule has 0 saturated heterocycles. The molecule has 2 amide bonds. The summed E-state index contributed by atoms with van der Waals surface area (Å²) in [6.07, 6.45) is 10.7. The molecule has 3 aliphatic rings. The summed E-state index contributed by atoms with van der Waals surface area (Å²) in [6.45, 7) is 2.31. The minimum atomic E-state index is -0.591. The number of carbonyl (C=O) groups excluding carboxylic acids is 3. The molecule has 3 aromatic rings. The molecular formula is C42H53N3O4. The third kappa shape index (κ3) is 8.61. The van der Waals surface area contributed by atoms with E-state index in [1.54, 1.807) is 7.05 Å². The Morgan fingerprint density at radius 2 is 1.51 bits per heavy atom. The van der Waals surface area contributed by atoms with E-state index >= 15 is 0 Å². The average molecular weight is 664 g/mol. The van der Waals surface area contributed by atoms with Crippen LogP contribution in [0.1, 0.15) is 98.6 Å². The summed E-state index contributed by atoms with van der Waals surface area (Å²) in [5.41, 5.74) is 5.86. The maximum atomic E-state index is 14.9. The Balaban J connectivity index is 1.29. The number of hydrogen-bond acceptors (Lipinski definition) is 5. The second-order valence-corrected chi connectivity index (χ2v) is 14.5. The van der Waals surface area contributed by atoms with Crippen LogP contribution in [-0.4, -0.2) is 36.7 Å². The maximum absolute atomic E-state index is 14.9. The quantitative estimate of drug-likeness (QED) is 0.210. The van der Waals surface area contributed by atoms with Crippen LogP contribution in [0.3, 0.4) is 0 Å². The topological polar surface area (TPSA) is 96.5 Å². The molecule has 1 fully saturated rings. The van der Waals surface area contributed by atoms with Crippen LogP contribution < -0.4 is 20.7 Å². The van der Waals surface area contributed by atoms with Gasteiger partial charge >= 0.3 is 0 Å². The highest BCUT2D eigenvalue weighted by atomic mass is 16.5. The molecule has 3 N–H and O–H groups in total. The van der Waals surface area contributed by atoms with Crippen molar-refractivity contribution >= 4 is 17.6 Å². The molecule has 7 heteroatoms. The third-order valence-corrected chi connectivity index (χ3v) is 11.3. The van der Waals surface area contributed by atoms with Gasteiger partial charge in [0.05, 0.1) is 24.0 Å². The second kappa shape index (κ2) is 16.6. The molecule has 5 atom stereocenters. The van der Waals surface area contributed by atoms with Crippen molar-refractivity contribution in [3.05, 3.63) is 101 Å². The summed E-state index contributed by atoms with van der Waals surface area (Å²) < 4.78 is 6.18. The first-order chi connectivity index (χ1) is 23.9. The van der Waals surface area contributed by atoms with Crippen LogP contribution in [-0.2, 0) is 40.3 Å². The predicted molar refractivity (Wildman–Crippen MR) is 193 cm³/mol. The van der Waals surface area contributed by atoms with E-state index in [9.17, 15) is 14.4 Å². The van der Waals surface area contributed by atoms with Gasteiger partial charge in [-0.15, -0.1) is 0 Å². The van der Waals surface area contributed by atoms with E-state index in [4.69, 9.17) is 4.74 Å². The van der Waals surface area contributed by atoms with Crippen molar-refractivity contribution in [1.82, 2.24) is 16.0 Å². The molecule has 0 spiro atoms. The number of ether oxygens (including phenoxy) is 1. The summed E-state index contributed by atoms with van der Waals surface area (Å²) in [6, 6.07) is 23.7. The van der Waals surface area contributed by atoms with Gasteiger partial charge in [-0.3, -0.25) is 14.4 Å². The van der Waals surface area contributed by atoms with Gasteiger partial charge < -0.3 is 20.7 Å². The van der Waals surface area contributed by atoms with Crippen molar-refractivity contribution in [3.63, 3.8) is 0 Å². The fourth-order valence-corrected chi connectivity index (χ4v) is 8.29. The number of Topliss-reactive ketones (excluding diaryl/α,β-unsaturated/α-hetero) is 1. The third-order valence-electron chi connectivity index (χ3n) is 11.3. The molecule has 0 heterocycles. The van der Waals surface area contributed by atoms with Crippen LogP contribution in [0.5, 0.6) is 5.75 Å². The Morgan fingerprint density at radius 3 is 2.31 bits per heavy atom. The van der Waals surface area contributed by atoms with E-state index in [-0.39, 0.29) is 29.6 Å². The number of nitrogens with one attached hydrogen (secondary N) is 3. The lowest BCUT2D eigenvalue weighted by molar-refractivity contribution is -0.138. The highest BCUT2D eigenvalue weighted by Gasteiger charge is 2.42. The average Bonchev–Trinajstić information content (AvgIpc) is 3.13. The normalized spacial score (nSPS) is 22.3. The fourth-order valence-electron chi connectivity index (χ4n) is 8.29. The highest BCUT2D eigenvalue weighted by molar-refractivity contribution is 5.95. The Kier molecular flexibility index (Phi) is 11.8. The number of ketones is 1. The van der Waals surface area contributed by atoms with E-state index in [0.717, 1.165) is 81.1 Å². The van der Waals surface area contributed by atoms with Gasteiger partial charge in [0.25, 0.3) is 0 Å². The van der Waals surface area contributed by atoms with Gasteiger partial charge in [0, 0.05) is 5.92 Å². The van der Waals surface area contributed by atoms with Crippen molar-refractivity contribution in [2.24, 2.45) is 17.8 Å². The molecule has 7 nitrogen and oxygen atoms in total. The zero-order chi connectivity index (χ0) is 34.2. The number of fused-ring (bicyclic) bond motifs is 2. The van der Waals surface area contributed by atoms with Crippen molar-refractivity contribution in [3.8, 4) is 5.75 Å². The Morgan fingerprint density at radius 1 is 0.776 bits per heavy atom. The van der Waals surface area contributed by atoms with Crippen molar-refractivity contribution < 1.29 is 19.1 Å². The lowest BCUT2D eigenvalue weighted by atomic mass is 9.71. The van der Waals surface area contributed by atoms with E-state index < -0.39 is 23.9 Å². The Bertz CT molecular complexity index is 1580. The molecule has 1 saturated carbocycles. The van der Waals surface area contributed by atoms with Crippen LogP contribution in [0.15, 0.2) is 72.8 Å². The molecule has 6 rings (SSSR count). The number of rotatable bonds is 11. The number of aryl methyl sites for hydroxylation is 2. The van der Waals surface area contributed by atoms with Gasteiger partial charge in [-0.2, -0.15) is 0 Å². The van der Waals surface area contributed by atoms with Gasteiger partial charge in [0.15, 0.2) is 5.78 Å². The molecule has 260 valence electrons. The van der Waals surface area contributed by atoms with Crippen molar-refractivity contribution in [2.75, 3.05) is 7.05 Å². The molecule has 3 aliphatic carbocycles. The summed E-state index contributed by atoms with van der Waals surface area (Å²) in [7, 11) is 1.76. The smallest absolute Gasteiger partial charge is 0.237 e. The lowest BCUT2D eigenvalue weighted by Gasteiger charge is -2.37. The number of likely N-dealkylation sites (N-methyl/N-ethyl adjacent to an activating group) is 1. The summed E-state index contributed by atoms with van der Waals surface area (Å²) >= 11 is 0. The molecule has 49 heavy (non-hydrogen) atoms. The van der Waals surface area contributed by atoms with Gasteiger partial charge in [-0.05, 0) is 118 Å². The molecule has 0 aromatic heterocycles. The fraction of sp³-hybridized carbons (Fsp3) is 0.500. The standard InChI is InChI=1S/C42H53N3O4/c1-28(43-2)41(47)45-39(31-16-7-4-8-17-31)40(46)36-21-11-19-32-25-34(49-27-29-13-5-3-6-14-29)24-23-33(32)26-37(36)42(48)44-38-22-12-18-30-15-9-10-20-35(30)38/h3,5-6,9-10,13-15,20,23-25,28,31,36-39,43H,4,7-8,11-12,16-19,21-22,26-27H2,1-2H3,(H,44,48)(H,45,47)/t28-,36?,37-,38-,39-/m0/s1. The maximum Gasteiger partial charge on any atom is 0.237 e. The predicted octanol–water partition coefficient (Wildman–Crippen LogP) is 6.81. The minimum absolute atomic E-state index is 0.0269. The summed E-state index contributed by atoms with van der Waals surface area (Å²) in [5.74, 6) is -0.321. The molecule has 3 aromatic carbocycles. The molecule has 0 radical (unpaired) electrons. The van der Waals surface area contributed by atoms with Crippen LogP contribution in [0, 0.1) is 17.8 Å². The second-order valence-electron chi connectivity index (χ2n) is 14.5. The van der Waals surface area contributed by atoms with E-state index in [1.807, 2.05) is 37.3 Å². The monoisotopic (exact) mass is 663 g/mol. The number of carbonyl (C=O) groups is 3. The van der Waals surface area contributed by atoms with Crippen molar-refractivity contribution in [2.45, 2.75) is 109 Å². The highest BCUT2D eigenvalue weighted by Crippen LogP contribution is 2.37. The van der Waals surface area contributed by atoms with E-state index in [1.165, 1.54) is 16.7 Å². The van der Waals surface area contributed by atoms with Gasteiger partial charge in [0.2, 0.25) is 11.8 Å². The van der Waals surface area contributed by atoms with E-state index in [2.05, 4.69) is 58.4 Å². The zero-order valence-electron chi connectivity index (χ0n) is 29.2. The number of benzene rings is 3. The van der Waals surface area contributed by atoms with Crippen LogP contribution in [0.4, 0.5) is 0 Å². The molecular weight excluding hydrogens is 610 g/mol. The van der Waals surface area contributed by atoms with Crippen molar-refractivity contribution in [1.29, 1.82) is 0 Å². The van der Waals surface area contributed by atoms with Gasteiger partial charge in [-0.1, -0.05) is 79.9 Å². The Hall–Kier alpha value is -3.97. The molecule has 0 bridgehead atoms. The van der Waals surface area contributed by atoms with Crippen LogP contribution in [0.25, 0.3) is 0 Å². The first-order valence-electron chi connectivity index (χ1n) is 18.6. The first-order valence-corrected chi connectivity index (χ1v) is 18.6. The van der Waals surface area contributed by atoms with Crippen LogP contribution in [0.2, 0.25) is 0 Å². The van der Waals surface area contributed by atoms with Gasteiger partial charge in [-0.25, -0.2) is 0 Å². The molecule has 1 unspecified atom stereocenters. The number of amides is 2. The zero-order valence-corrected chi connectivity index (χ0v) is 29.2. The SMILES string of the molecule is CN[C@@H](C)C(=O)N[C@H](C(=O)C1CCCc2cc(OCc3ccccc3)ccc2C[C@@H]1C(=O)N[C@H]1CCCc2ccccc21)C1CCCCC1. The number of hydrogen-bond donors (Lipinski definition) is 3.